The Morgan fingerprint density at radius 1 is 1.56 bits per heavy atom. The van der Waals surface area contributed by atoms with Gasteiger partial charge in [0.2, 0.25) is 0 Å². The number of nitrogens with two attached hydrogens (primary N) is 1. The van der Waals surface area contributed by atoms with Crippen molar-refractivity contribution in [3.05, 3.63) is 29.6 Å². The van der Waals surface area contributed by atoms with Crippen molar-refractivity contribution in [2.45, 2.75) is 39.0 Å². The Morgan fingerprint density at radius 2 is 2.17 bits per heavy atom. The van der Waals surface area contributed by atoms with Gasteiger partial charge in [-0.3, -0.25) is 9.78 Å². The van der Waals surface area contributed by atoms with Gasteiger partial charge >= 0.3 is 0 Å². The molecular weight excluding hydrogens is 230 g/mol. The number of hydrogen-bond donors (Lipinski definition) is 2. The topological polar surface area (TPSA) is 79.5 Å². The molecule has 0 aromatic carbocycles. The van der Waals surface area contributed by atoms with Crippen LogP contribution in [0.2, 0.25) is 0 Å². The molecule has 5 heteroatoms. The summed E-state index contributed by atoms with van der Waals surface area (Å²) in [5.74, 6) is -0.398. The zero-order valence-electron chi connectivity index (χ0n) is 11.3. The van der Waals surface area contributed by atoms with Crippen LogP contribution in [0.5, 0.6) is 0 Å². The van der Waals surface area contributed by atoms with E-state index in [2.05, 4.69) is 4.98 Å². The maximum absolute atomic E-state index is 11.9. The van der Waals surface area contributed by atoms with Crippen molar-refractivity contribution in [1.82, 2.24) is 9.88 Å². The molecule has 1 aromatic heterocycles. The SMILES string of the molecule is Cc1ccc(CN(C)C(=O)C(O)C(C)(C)N)nc1. The standard InChI is InChI=1S/C13H21N3O2/c1-9-5-6-10(15-7-9)8-16(4)12(18)11(17)13(2,3)14/h5-7,11,17H,8,14H2,1-4H3. The number of rotatable bonds is 4. The second kappa shape index (κ2) is 5.46. The van der Waals surface area contributed by atoms with Crippen LogP contribution >= 0.6 is 0 Å². The predicted molar refractivity (Wildman–Crippen MR) is 69.7 cm³/mol. The maximum atomic E-state index is 11.9. The Labute approximate surface area is 108 Å². The van der Waals surface area contributed by atoms with E-state index in [1.54, 1.807) is 27.1 Å². The second-order valence-corrected chi connectivity index (χ2v) is 5.25. The van der Waals surface area contributed by atoms with Gasteiger partial charge in [-0.1, -0.05) is 6.07 Å². The van der Waals surface area contributed by atoms with E-state index in [0.29, 0.717) is 6.54 Å². The van der Waals surface area contributed by atoms with E-state index in [1.165, 1.54) is 4.90 Å². The molecule has 1 heterocycles. The first-order valence-electron chi connectivity index (χ1n) is 5.85. The van der Waals surface area contributed by atoms with E-state index in [4.69, 9.17) is 5.73 Å². The van der Waals surface area contributed by atoms with Gasteiger partial charge in [0, 0.05) is 18.8 Å². The first-order valence-corrected chi connectivity index (χ1v) is 5.85. The highest BCUT2D eigenvalue weighted by Crippen LogP contribution is 2.10. The minimum atomic E-state index is -1.21. The smallest absolute Gasteiger partial charge is 0.253 e. The van der Waals surface area contributed by atoms with E-state index in [9.17, 15) is 9.90 Å². The van der Waals surface area contributed by atoms with Gasteiger partial charge in [-0.05, 0) is 32.4 Å². The summed E-state index contributed by atoms with van der Waals surface area (Å²) < 4.78 is 0. The van der Waals surface area contributed by atoms with Gasteiger partial charge in [-0.2, -0.15) is 0 Å². The summed E-state index contributed by atoms with van der Waals surface area (Å²) in [6, 6.07) is 3.79. The predicted octanol–water partition coefficient (Wildman–Crippen LogP) is 0.447. The Morgan fingerprint density at radius 3 is 2.61 bits per heavy atom. The summed E-state index contributed by atoms with van der Waals surface area (Å²) in [6.45, 7) is 5.54. The third-order valence-electron chi connectivity index (χ3n) is 2.69. The van der Waals surface area contributed by atoms with Crippen LogP contribution in [0.3, 0.4) is 0 Å². The lowest BCUT2D eigenvalue weighted by molar-refractivity contribution is -0.142. The first kappa shape index (κ1) is 14.6. The van der Waals surface area contributed by atoms with E-state index >= 15 is 0 Å². The van der Waals surface area contributed by atoms with Gasteiger partial charge in [0.25, 0.3) is 5.91 Å². The quantitative estimate of drug-likeness (QED) is 0.814. The van der Waals surface area contributed by atoms with Gasteiger partial charge < -0.3 is 15.7 Å². The lowest BCUT2D eigenvalue weighted by atomic mass is 9.98. The van der Waals surface area contributed by atoms with Crippen molar-refractivity contribution < 1.29 is 9.90 Å². The van der Waals surface area contributed by atoms with Gasteiger partial charge in [0.05, 0.1) is 12.2 Å². The summed E-state index contributed by atoms with van der Waals surface area (Å²) in [7, 11) is 1.62. The lowest BCUT2D eigenvalue weighted by Crippen LogP contribution is -2.53. The molecular formula is C13H21N3O2. The van der Waals surface area contributed by atoms with Crippen LogP contribution in [0, 0.1) is 6.92 Å². The van der Waals surface area contributed by atoms with Crippen LogP contribution in [-0.4, -0.2) is 39.6 Å². The monoisotopic (exact) mass is 251 g/mol. The molecule has 0 bridgehead atoms. The minimum absolute atomic E-state index is 0.353. The summed E-state index contributed by atoms with van der Waals surface area (Å²) in [5, 5.41) is 9.81. The fourth-order valence-electron chi connectivity index (χ4n) is 1.44. The van der Waals surface area contributed by atoms with E-state index in [-0.39, 0.29) is 0 Å². The summed E-state index contributed by atoms with van der Waals surface area (Å²) in [4.78, 5) is 17.6. The Bertz CT molecular complexity index is 409. The number of amides is 1. The van der Waals surface area contributed by atoms with Crippen molar-refractivity contribution >= 4 is 5.91 Å². The number of carbonyl (C=O) groups excluding carboxylic acids is 1. The fraction of sp³-hybridized carbons (Fsp3) is 0.538. The van der Waals surface area contributed by atoms with Crippen LogP contribution in [0.1, 0.15) is 25.1 Å². The van der Waals surface area contributed by atoms with Gasteiger partial charge in [-0.15, -0.1) is 0 Å². The van der Waals surface area contributed by atoms with Crippen LogP contribution < -0.4 is 5.73 Å². The molecule has 0 aliphatic heterocycles. The highest BCUT2D eigenvalue weighted by atomic mass is 16.3. The number of aliphatic hydroxyl groups is 1. The number of aromatic nitrogens is 1. The second-order valence-electron chi connectivity index (χ2n) is 5.25. The molecule has 0 fully saturated rings. The zero-order valence-corrected chi connectivity index (χ0v) is 11.3. The normalized spacial score (nSPS) is 13.2. The highest BCUT2D eigenvalue weighted by Gasteiger charge is 2.31. The van der Waals surface area contributed by atoms with Crippen molar-refractivity contribution in [2.24, 2.45) is 5.73 Å². The van der Waals surface area contributed by atoms with E-state index in [1.807, 2.05) is 19.1 Å². The van der Waals surface area contributed by atoms with Crippen molar-refractivity contribution in [2.75, 3.05) is 7.05 Å². The average molecular weight is 251 g/mol. The van der Waals surface area contributed by atoms with Crippen LogP contribution in [-0.2, 0) is 11.3 Å². The number of hydrogen-bond acceptors (Lipinski definition) is 4. The maximum Gasteiger partial charge on any atom is 0.253 e. The van der Waals surface area contributed by atoms with Crippen LogP contribution in [0.15, 0.2) is 18.3 Å². The van der Waals surface area contributed by atoms with E-state index < -0.39 is 17.6 Å². The molecule has 100 valence electrons. The van der Waals surface area contributed by atoms with Crippen molar-refractivity contribution in [3.63, 3.8) is 0 Å². The number of aryl methyl sites for hydroxylation is 1. The number of pyridine rings is 1. The van der Waals surface area contributed by atoms with Crippen LogP contribution in [0.4, 0.5) is 0 Å². The first-order chi connectivity index (χ1) is 8.21. The molecule has 0 saturated carbocycles. The van der Waals surface area contributed by atoms with Crippen molar-refractivity contribution in [3.8, 4) is 0 Å². The molecule has 5 nitrogen and oxygen atoms in total. The lowest BCUT2D eigenvalue weighted by Gasteiger charge is -2.28. The average Bonchev–Trinajstić information content (AvgIpc) is 2.29. The molecule has 1 rings (SSSR count). The number of likely N-dealkylation sites (N-methyl/N-ethyl adjacent to an activating group) is 1. The molecule has 0 aliphatic rings. The van der Waals surface area contributed by atoms with Gasteiger partial charge in [0.15, 0.2) is 0 Å². The van der Waals surface area contributed by atoms with Gasteiger partial charge in [-0.25, -0.2) is 0 Å². The minimum Gasteiger partial charge on any atom is -0.381 e. The molecule has 0 aliphatic carbocycles. The Balaban J connectivity index is 2.68. The van der Waals surface area contributed by atoms with Crippen molar-refractivity contribution in [1.29, 1.82) is 0 Å². The van der Waals surface area contributed by atoms with Gasteiger partial charge in [0.1, 0.15) is 6.10 Å². The molecule has 0 saturated heterocycles. The molecule has 3 N–H and O–H groups in total. The number of nitrogens with zero attached hydrogens (tertiary/aromatic N) is 2. The summed E-state index contributed by atoms with van der Waals surface area (Å²) in [6.07, 6.45) is 0.532. The molecule has 1 aromatic rings. The molecule has 18 heavy (non-hydrogen) atoms. The largest absolute Gasteiger partial charge is 0.381 e. The highest BCUT2D eigenvalue weighted by molar-refractivity contribution is 5.81. The molecule has 1 unspecified atom stereocenters. The van der Waals surface area contributed by atoms with Crippen LogP contribution in [0.25, 0.3) is 0 Å². The molecule has 1 atom stereocenters. The molecule has 0 spiro atoms. The third kappa shape index (κ3) is 3.78. The number of carbonyl (C=O) groups is 1. The Kier molecular flexibility index (Phi) is 4.43. The molecule has 1 amide bonds. The number of aliphatic hydroxyl groups excluding tert-OH is 1. The Hall–Kier alpha value is -1.46. The third-order valence-corrected chi connectivity index (χ3v) is 2.69. The summed E-state index contributed by atoms with van der Waals surface area (Å²) in [5.41, 5.74) is 6.61. The molecule has 0 radical (unpaired) electrons. The fourth-order valence-corrected chi connectivity index (χ4v) is 1.44. The summed E-state index contributed by atoms with van der Waals surface area (Å²) >= 11 is 0. The van der Waals surface area contributed by atoms with E-state index in [0.717, 1.165) is 11.3 Å². The zero-order chi connectivity index (χ0) is 13.9.